The van der Waals surface area contributed by atoms with E-state index in [0.717, 1.165) is 12.1 Å². The van der Waals surface area contributed by atoms with E-state index in [1.54, 1.807) is 37.6 Å². The number of ether oxygens (including phenoxy) is 2. The van der Waals surface area contributed by atoms with Crippen LogP contribution in [0.4, 0.5) is 4.39 Å². The molecule has 0 atom stereocenters. The van der Waals surface area contributed by atoms with Crippen molar-refractivity contribution >= 4 is 0 Å². The van der Waals surface area contributed by atoms with E-state index in [-0.39, 0.29) is 5.75 Å². The summed E-state index contributed by atoms with van der Waals surface area (Å²) >= 11 is 0. The first-order valence-corrected chi connectivity index (χ1v) is 6.36. The van der Waals surface area contributed by atoms with Gasteiger partial charge in [-0.2, -0.15) is 0 Å². The van der Waals surface area contributed by atoms with Gasteiger partial charge < -0.3 is 14.8 Å². The third-order valence-electron chi connectivity index (χ3n) is 2.66. The first-order chi connectivity index (χ1) is 9.79. The van der Waals surface area contributed by atoms with E-state index in [9.17, 15) is 4.39 Å². The van der Waals surface area contributed by atoms with Gasteiger partial charge in [-0.3, -0.25) is 0 Å². The van der Waals surface area contributed by atoms with E-state index in [0.29, 0.717) is 19.0 Å². The van der Waals surface area contributed by atoms with Crippen molar-refractivity contribution < 1.29 is 13.9 Å². The van der Waals surface area contributed by atoms with Gasteiger partial charge in [-0.15, -0.1) is 0 Å². The fourth-order valence-corrected chi connectivity index (χ4v) is 1.62. The number of nitrogens with zero attached hydrogens (tertiary/aromatic N) is 1. The molecule has 0 aliphatic heterocycles. The average Bonchev–Trinajstić information content (AvgIpc) is 2.48. The van der Waals surface area contributed by atoms with Gasteiger partial charge in [0.05, 0.1) is 6.61 Å². The Morgan fingerprint density at radius 1 is 1.20 bits per heavy atom. The van der Waals surface area contributed by atoms with Crippen LogP contribution in [0.2, 0.25) is 0 Å². The number of hydrogen-bond acceptors (Lipinski definition) is 4. The highest BCUT2D eigenvalue weighted by Crippen LogP contribution is 2.22. The van der Waals surface area contributed by atoms with E-state index in [4.69, 9.17) is 9.47 Å². The van der Waals surface area contributed by atoms with Crippen LogP contribution in [0.15, 0.2) is 42.6 Å². The van der Waals surface area contributed by atoms with Crippen LogP contribution in [-0.2, 0) is 11.3 Å². The van der Waals surface area contributed by atoms with Gasteiger partial charge in [-0.1, -0.05) is 18.2 Å². The molecule has 1 aromatic heterocycles. The summed E-state index contributed by atoms with van der Waals surface area (Å²) in [5, 5.41) is 3.22. The Balaban J connectivity index is 1.90. The summed E-state index contributed by atoms with van der Waals surface area (Å²) in [6, 6.07) is 9.86. The van der Waals surface area contributed by atoms with Crippen LogP contribution >= 0.6 is 0 Å². The van der Waals surface area contributed by atoms with Crippen LogP contribution in [0.5, 0.6) is 11.6 Å². The number of pyridine rings is 1. The zero-order valence-corrected chi connectivity index (χ0v) is 11.3. The summed E-state index contributed by atoms with van der Waals surface area (Å²) in [6.07, 6.45) is 1.70. The molecule has 0 bridgehead atoms. The number of benzene rings is 1. The monoisotopic (exact) mass is 276 g/mol. The van der Waals surface area contributed by atoms with Gasteiger partial charge in [-0.05, 0) is 17.7 Å². The van der Waals surface area contributed by atoms with Crippen molar-refractivity contribution in [3.8, 4) is 11.6 Å². The van der Waals surface area contributed by atoms with Crippen molar-refractivity contribution in [2.24, 2.45) is 0 Å². The van der Waals surface area contributed by atoms with Crippen LogP contribution in [0.25, 0.3) is 0 Å². The summed E-state index contributed by atoms with van der Waals surface area (Å²) in [4.78, 5) is 4.15. The second-order valence-electron chi connectivity index (χ2n) is 4.21. The maximum atomic E-state index is 13.4. The van der Waals surface area contributed by atoms with Gasteiger partial charge in [0.2, 0.25) is 5.88 Å². The SMILES string of the molecule is COCCNCc1ccc(Oc2ccccc2F)nc1. The summed E-state index contributed by atoms with van der Waals surface area (Å²) in [5.41, 5.74) is 1.03. The Bertz CT molecular complexity index is 532. The van der Waals surface area contributed by atoms with Gasteiger partial charge in [0.25, 0.3) is 0 Å². The average molecular weight is 276 g/mol. The lowest BCUT2D eigenvalue weighted by Gasteiger charge is -2.07. The summed E-state index contributed by atoms with van der Waals surface area (Å²) in [6.45, 7) is 2.15. The summed E-state index contributed by atoms with van der Waals surface area (Å²) < 4.78 is 23.7. The Kier molecular flexibility index (Phi) is 5.46. The van der Waals surface area contributed by atoms with Crippen molar-refractivity contribution in [3.05, 3.63) is 54.0 Å². The first kappa shape index (κ1) is 14.4. The van der Waals surface area contributed by atoms with Gasteiger partial charge in [0, 0.05) is 32.5 Å². The zero-order chi connectivity index (χ0) is 14.2. The van der Waals surface area contributed by atoms with E-state index in [1.165, 1.54) is 6.07 Å². The fraction of sp³-hybridized carbons (Fsp3) is 0.267. The number of aromatic nitrogens is 1. The second kappa shape index (κ2) is 7.57. The number of rotatable bonds is 7. The molecule has 0 radical (unpaired) electrons. The summed E-state index contributed by atoms with van der Waals surface area (Å²) in [5.74, 6) is 0.140. The Hall–Kier alpha value is -1.98. The molecule has 0 saturated heterocycles. The van der Waals surface area contributed by atoms with Gasteiger partial charge in [-0.25, -0.2) is 9.37 Å². The molecule has 2 rings (SSSR count). The maximum absolute atomic E-state index is 13.4. The highest BCUT2D eigenvalue weighted by molar-refractivity contribution is 5.29. The smallest absolute Gasteiger partial charge is 0.219 e. The minimum Gasteiger partial charge on any atom is -0.436 e. The topological polar surface area (TPSA) is 43.4 Å². The number of para-hydroxylation sites is 1. The van der Waals surface area contributed by atoms with Crippen LogP contribution in [-0.4, -0.2) is 25.2 Å². The van der Waals surface area contributed by atoms with E-state index in [1.807, 2.05) is 6.07 Å². The van der Waals surface area contributed by atoms with Gasteiger partial charge in [0.1, 0.15) is 0 Å². The molecule has 0 aliphatic carbocycles. The quantitative estimate of drug-likeness (QED) is 0.790. The molecule has 4 nitrogen and oxygen atoms in total. The number of halogens is 1. The maximum Gasteiger partial charge on any atom is 0.219 e. The summed E-state index contributed by atoms with van der Waals surface area (Å²) in [7, 11) is 1.66. The molecule has 0 saturated carbocycles. The molecule has 2 aromatic rings. The highest BCUT2D eigenvalue weighted by Gasteiger charge is 2.04. The first-order valence-electron chi connectivity index (χ1n) is 6.36. The molecule has 0 unspecified atom stereocenters. The van der Waals surface area contributed by atoms with Crippen molar-refractivity contribution in [1.29, 1.82) is 0 Å². The largest absolute Gasteiger partial charge is 0.436 e. The van der Waals surface area contributed by atoms with Crippen molar-refractivity contribution in [2.45, 2.75) is 6.54 Å². The fourth-order valence-electron chi connectivity index (χ4n) is 1.62. The molecule has 0 aliphatic rings. The van der Waals surface area contributed by atoms with E-state index in [2.05, 4.69) is 10.3 Å². The molecule has 0 amide bonds. The second-order valence-corrected chi connectivity index (χ2v) is 4.21. The lowest BCUT2D eigenvalue weighted by atomic mass is 10.3. The number of nitrogens with one attached hydrogen (secondary N) is 1. The lowest BCUT2D eigenvalue weighted by molar-refractivity contribution is 0.199. The van der Waals surface area contributed by atoms with Crippen LogP contribution in [0, 0.1) is 5.82 Å². The molecule has 1 N–H and O–H groups in total. The highest BCUT2D eigenvalue weighted by atomic mass is 19.1. The van der Waals surface area contributed by atoms with E-state index >= 15 is 0 Å². The molecular weight excluding hydrogens is 259 g/mol. The van der Waals surface area contributed by atoms with E-state index < -0.39 is 5.82 Å². The molecule has 5 heteroatoms. The van der Waals surface area contributed by atoms with Gasteiger partial charge in [0.15, 0.2) is 11.6 Å². The minimum atomic E-state index is -0.403. The molecule has 0 fully saturated rings. The molecule has 20 heavy (non-hydrogen) atoms. The third kappa shape index (κ3) is 4.29. The standard InChI is InChI=1S/C15H17FN2O2/c1-19-9-8-17-10-12-6-7-15(18-11-12)20-14-5-3-2-4-13(14)16/h2-7,11,17H,8-10H2,1H3. The third-order valence-corrected chi connectivity index (χ3v) is 2.66. The normalized spacial score (nSPS) is 10.5. The zero-order valence-electron chi connectivity index (χ0n) is 11.3. The molecule has 1 aromatic carbocycles. The minimum absolute atomic E-state index is 0.172. The number of methoxy groups -OCH3 is 1. The van der Waals surface area contributed by atoms with Crippen molar-refractivity contribution in [3.63, 3.8) is 0 Å². The lowest BCUT2D eigenvalue weighted by Crippen LogP contribution is -2.18. The Morgan fingerprint density at radius 2 is 2.05 bits per heavy atom. The molecular formula is C15H17FN2O2. The van der Waals surface area contributed by atoms with Crippen molar-refractivity contribution in [2.75, 3.05) is 20.3 Å². The van der Waals surface area contributed by atoms with Crippen LogP contribution < -0.4 is 10.1 Å². The molecule has 106 valence electrons. The van der Waals surface area contributed by atoms with Gasteiger partial charge >= 0.3 is 0 Å². The molecule has 1 heterocycles. The Morgan fingerprint density at radius 3 is 2.75 bits per heavy atom. The van der Waals surface area contributed by atoms with Crippen LogP contribution in [0.3, 0.4) is 0 Å². The predicted molar refractivity (Wildman–Crippen MR) is 74.3 cm³/mol. The molecule has 0 spiro atoms. The van der Waals surface area contributed by atoms with Crippen LogP contribution in [0.1, 0.15) is 5.56 Å². The predicted octanol–water partition coefficient (Wildman–Crippen LogP) is 2.75. The number of hydrogen-bond donors (Lipinski definition) is 1. The Labute approximate surface area is 117 Å². The van der Waals surface area contributed by atoms with Crippen molar-refractivity contribution in [1.82, 2.24) is 10.3 Å².